The number of nitrogens with one attached hydrogen (secondary N) is 1. The summed E-state index contributed by atoms with van der Waals surface area (Å²) in [6, 6.07) is 15.4. The maximum atomic E-state index is 5.45. The molecule has 0 saturated heterocycles. The van der Waals surface area contributed by atoms with Crippen LogP contribution in [0, 0.1) is 0 Å². The number of aryl methyl sites for hydroxylation is 1. The molecule has 2 heterocycles. The van der Waals surface area contributed by atoms with Crippen LogP contribution in [0.15, 0.2) is 54.9 Å². The highest BCUT2D eigenvalue weighted by molar-refractivity contribution is 5.81. The van der Waals surface area contributed by atoms with Crippen molar-refractivity contribution in [1.82, 2.24) is 10.3 Å². The Kier molecular flexibility index (Phi) is 5.54. The lowest BCUT2D eigenvalue weighted by molar-refractivity contribution is 0.174. The minimum atomic E-state index is 0.343. The summed E-state index contributed by atoms with van der Waals surface area (Å²) in [5.41, 5.74) is 2.64. The van der Waals surface area contributed by atoms with Crippen LogP contribution in [0.4, 0.5) is 0 Å². The van der Waals surface area contributed by atoms with Gasteiger partial charge in [-0.05, 0) is 67.0 Å². The molecule has 1 aliphatic heterocycles. The molecule has 0 aliphatic carbocycles. The van der Waals surface area contributed by atoms with E-state index in [1.807, 2.05) is 18.5 Å². The number of rotatable bonds is 8. The number of ether oxygens (including phenoxy) is 2. The first-order valence-electron chi connectivity index (χ1n) is 9.72. The van der Waals surface area contributed by atoms with Gasteiger partial charge in [-0.25, -0.2) is 0 Å². The quantitative estimate of drug-likeness (QED) is 0.582. The molecular weight excluding hydrogens is 336 g/mol. The van der Waals surface area contributed by atoms with Crippen LogP contribution < -0.4 is 14.8 Å². The minimum Gasteiger partial charge on any atom is -0.454 e. The molecule has 0 spiro atoms. The van der Waals surface area contributed by atoms with E-state index in [0.29, 0.717) is 12.8 Å². The van der Waals surface area contributed by atoms with Crippen molar-refractivity contribution in [3.63, 3.8) is 0 Å². The number of hydrogen-bond donors (Lipinski definition) is 1. The Bertz CT molecular complexity index is 910. The van der Waals surface area contributed by atoms with Crippen molar-refractivity contribution in [2.24, 2.45) is 0 Å². The Labute approximate surface area is 160 Å². The fourth-order valence-electron chi connectivity index (χ4n) is 3.51. The van der Waals surface area contributed by atoms with Crippen LogP contribution >= 0.6 is 0 Å². The topological polar surface area (TPSA) is 43.4 Å². The molecule has 2 aromatic carbocycles. The second kappa shape index (κ2) is 8.40. The van der Waals surface area contributed by atoms with Gasteiger partial charge in [-0.1, -0.05) is 24.6 Å². The molecule has 1 atom stereocenters. The van der Waals surface area contributed by atoms with Crippen LogP contribution in [-0.4, -0.2) is 17.8 Å². The normalized spacial score (nSPS) is 13.8. The summed E-state index contributed by atoms with van der Waals surface area (Å²) < 4.78 is 10.8. The zero-order valence-electron chi connectivity index (χ0n) is 15.8. The van der Waals surface area contributed by atoms with Gasteiger partial charge in [0.15, 0.2) is 11.5 Å². The standard InChI is InChI=1S/C23H26N2O2/c1-17(25-14-19-6-8-21-15-24-11-10-20(21)12-19)4-2-3-5-18-7-9-22-23(13-18)27-16-26-22/h6-13,15,17,25H,2-5,14,16H2,1H3/t17-/m1/s1. The molecule has 0 bridgehead atoms. The Morgan fingerprint density at radius 1 is 0.963 bits per heavy atom. The first kappa shape index (κ1) is 17.8. The molecular formula is C23H26N2O2. The molecule has 27 heavy (non-hydrogen) atoms. The third-order valence-corrected chi connectivity index (χ3v) is 5.15. The van der Waals surface area contributed by atoms with E-state index in [2.05, 4.69) is 53.6 Å². The number of nitrogens with zero attached hydrogens (tertiary/aromatic N) is 1. The Morgan fingerprint density at radius 2 is 1.85 bits per heavy atom. The summed E-state index contributed by atoms with van der Waals surface area (Å²) in [5, 5.41) is 6.09. The molecule has 4 rings (SSSR count). The monoisotopic (exact) mass is 362 g/mol. The van der Waals surface area contributed by atoms with Crippen molar-refractivity contribution < 1.29 is 9.47 Å². The third-order valence-electron chi connectivity index (χ3n) is 5.15. The number of unbranched alkanes of at least 4 members (excludes halogenated alkanes) is 1. The third kappa shape index (κ3) is 4.58. The van der Waals surface area contributed by atoms with E-state index in [4.69, 9.17) is 9.47 Å². The Hall–Kier alpha value is -2.59. The van der Waals surface area contributed by atoms with Crippen LogP contribution in [-0.2, 0) is 13.0 Å². The maximum Gasteiger partial charge on any atom is 0.231 e. The van der Waals surface area contributed by atoms with E-state index in [0.717, 1.165) is 24.5 Å². The average Bonchev–Trinajstić information content (AvgIpc) is 3.17. The molecule has 140 valence electrons. The van der Waals surface area contributed by atoms with E-state index < -0.39 is 0 Å². The van der Waals surface area contributed by atoms with Crippen molar-refractivity contribution in [3.05, 3.63) is 66.0 Å². The molecule has 0 saturated carbocycles. The largest absolute Gasteiger partial charge is 0.454 e. The van der Waals surface area contributed by atoms with Gasteiger partial charge in [0, 0.05) is 30.4 Å². The molecule has 4 nitrogen and oxygen atoms in total. The summed E-state index contributed by atoms with van der Waals surface area (Å²) in [6.07, 6.45) is 8.43. The molecule has 4 heteroatoms. The summed E-state index contributed by atoms with van der Waals surface area (Å²) in [6.45, 7) is 3.52. The molecule has 1 aromatic heterocycles. The molecule has 0 unspecified atom stereocenters. The predicted molar refractivity (Wildman–Crippen MR) is 108 cm³/mol. The SMILES string of the molecule is C[C@H](CCCCc1ccc2c(c1)OCO2)NCc1ccc2cnccc2c1. The van der Waals surface area contributed by atoms with Gasteiger partial charge in [0.25, 0.3) is 0 Å². The van der Waals surface area contributed by atoms with Gasteiger partial charge in [0.05, 0.1) is 0 Å². The van der Waals surface area contributed by atoms with E-state index in [1.165, 1.54) is 41.2 Å². The summed E-state index contributed by atoms with van der Waals surface area (Å²) in [5.74, 6) is 1.75. The van der Waals surface area contributed by atoms with Crippen molar-refractivity contribution in [2.45, 2.75) is 45.2 Å². The number of aromatic nitrogens is 1. The zero-order chi connectivity index (χ0) is 18.5. The maximum absolute atomic E-state index is 5.45. The number of pyridine rings is 1. The Morgan fingerprint density at radius 3 is 2.81 bits per heavy atom. The lowest BCUT2D eigenvalue weighted by atomic mass is 10.0. The molecule has 0 amide bonds. The van der Waals surface area contributed by atoms with Gasteiger partial charge in [0.2, 0.25) is 6.79 Å². The second-order valence-electron chi connectivity index (χ2n) is 7.27. The van der Waals surface area contributed by atoms with Crippen molar-refractivity contribution in [2.75, 3.05) is 6.79 Å². The van der Waals surface area contributed by atoms with Gasteiger partial charge >= 0.3 is 0 Å². The van der Waals surface area contributed by atoms with Crippen LogP contribution in [0.1, 0.15) is 37.3 Å². The van der Waals surface area contributed by atoms with Crippen molar-refractivity contribution in [3.8, 4) is 11.5 Å². The number of fused-ring (bicyclic) bond motifs is 2. The fraction of sp³-hybridized carbons (Fsp3) is 0.348. The van der Waals surface area contributed by atoms with E-state index in [9.17, 15) is 0 Å². The van der Waals surface area contributed by atoms with Crippen LogP contribution in [0.3, 0.4) is 0 Å². The van der Waals surface area contributed by atoms with E-state index in [1.54, 1.807) is 0 Å². The smallest absolute Gasteiger partial charge is 0.231 e. The molecule has 3 aromatic rings. The van der Waals surface area contributed by atoms with Gasteiger partial charge in [-0.15, -0.1) is 0 Å². The molecule has 0 fully saturated rings. The molecule has 1 N–H and O–H groups in total. The van der Waals surface area contributed by atoms with Crippen molar-refractivity contribution in [1.29, 1.82) is 0 Å². The summed E-state index contributed by atoms with van der Waals surface area (Å²) in [4.78, 5) is 4.17. The van der Waals surface area contributed by atoms with E-state index >= 15 is 0 Å². The number of benzene rings is 2. The van der Waals surface area contributed by atoms with Gasteiger partial charge < -0.3 is 14.8 Å². The van der Waals surface area contributed by atoms with Crippen LogP contribution in [0.25, 0.3) is 10.8 Å². The fourth-order valence-corrected chi connectivity index (χ4v) is 3.51. The zero-order valence-corrected chi connectivity index (χ0v) is 15.8. The molecule has 1 aliphatic rings. The lowest BCUT2D eigenvalue weighted by Crippen LogP contribution is -2.25. The first-order valence-corrected chi connectivity index (χ1v) is 9.72. The van der Waals surface area contributed by atoms with Crippen molar-refractivity contribution >= 4 is 10.8 Å². The average molecular weight is 362 g/mol. The summed E-state index contributed by atoms with van der Waals surface area (Å²) >= 11 is 0. The lowest BCUT2D eigenvalue weighted by Gasteiger charge is -2.14. The summed E-state index contributed by atoms with van der Waals surface area (Å²) in [7, 11) is 0. The van der Waals surface area contributed by atoms with Gasteiger partial charge in [-0.3, -0.25) is 4.98 Å². The number of hydrogen-bond acceptors (Lipinski definition) is 4. The molecule has 0 radical (unpaired) electrons. The first-order chi connectivity index (χ1) is 13.3. The highest BCUT2D eigenvalue weighted by Gasteiger charge is 2.13. The second-order valence-corrected chi connectivity index (χ2v) is 7.27. The van der Waals surface area contributed by atoms with E-state index in [-0.39, 0.29) is 0 Å². The van der Waals surface area contributed by atoms with Crippen LogP contribution in [0.5, 0.6) is 11.5 Å². The highest BCUT2D eigenvalue weighted by Crippen LogP contribution is 2.32. The van der Waals surface area contributed by atoms with Gasteiger partial charge in [-0.2, -0.15) is 0 Å². The predicted octanol–water partition coefficient (Wildman–Crippen LogP) is 4.85. The van der Waals surface area contributed by atoms with Gasteiger partial charge in [0.1, 0.15) is 0 Å². The highest BCUT2D eigenvalue weighted by atomic mass is 16.7. The minimum absolute atomic E-state index is 0.343. The Balaban J connectivity index is 1.18. The van der Waals surface area contributed by atoms with Crippen LogP contribution in [0.2, 0.25) is 0 Å².